The predicted molar refractivity (Wildman–Crippen MR) is 59.3 cm³/mol. The van der Waals surface area contributed by atoms with Crippen molar-refractivity contribution in [1.29, 1.82) is 0 Å². The average Bonchev–Trinajstić information content (AvgIpc) is 2.52. The topological polar surface area (TPSA) is 0 Å². The molecule has 0 radical (unpaired) electrons. The van der Waals surface area contributed by atoms with Crippen molar-refractivity contribution in [2.45, 2.75) is 6.92 Å². The summed E-state index contributed by atoms with van der Waals surface area (Å²) in [6, 6.07) is 5.93. The molecule has 0 aliphatic heterocycles. The molecule has 0 nitrogen and oxygen atoms in total. The molecule has 13 heavy (non-hydrogen) atoms. The minimum atomic E-state index is 0.799. The standard InChI is InChI=1S/C9H6ClS.BrH.Zn/c1-6-5-11-9-3-2-7(10)4-8(6)9;;/h2-4H,1H3;1H;/q-1;;+2/p-1. The molecule has 2 aromatic rings. The van der Waals surface area contributed by atoms with E-state index in [1.807, 2.05) is 18.2 Å². The quantitative estimate of drug-likeness (QED) is 0.493. The first-order valence-corrected chi connectivity index (χ1v) is 11.7. The third-order valence-electron chi connectivity index (χ3n) is 1.66. The molecule has 0 aliphatic carbocycles. The van der Waals surface area contributed by atoms with Gasteiger partial charge in [-0.3, -0.25) is 11.3 Å². The molecule has 1 heterocycles. The second-order valence-corrected chi connectivity index (χ2v) is 3.75. The van der Waals surface area contributed by atoms with Gasteiger partial charge in [0.05, 0.1) is 0 Å². The monoisotopic (exact) mass is 324 g/mol. The number of hydrogen-bond acceptors (Lipinski definition) is 1. The van der Waals surface area contributed by atoms with Gasteiger partial charge in [-0.25, -0.2) is 0 Å². The van der Waals surface area contributed by atoms with E-state index in [-0.39, 0.29) is 0 Å². The van der Waals surface area contributed by atoms with Gasteiger partial charge in [-0.1, -0.05) is 24.6 Å². The Balaban J connectivity index is 0.000000396. The molecule has 0 spiro atoms. The maximum absolute atomic E-state index is 5.84. The molecule has 0 amide bonds. The molecular weight excluding hydrogens is 321 g/mol. The van der Waals surface area contributed by atoms with Crippen molar-refractivity contribution in [3.05, 3.63) is 34.2 Å². The minimum absolute atomic E-state index is 0.799. The van der Waals surface area contributed by atoms with Crippen molar-refractivity contribution in [1.82, 2.24) is 0 Å². The fourth-order valence-electron chi connectivity index (χ4n) is 1.07. The molecule has 0 aliphatic rings. The van der Waals surface area contributed by atoms with Crippen LogP contribution in [0.25, 0.3) is 10.1 Å². The van der Waals surface area contributed by atoms with E-state index >= 15 is 0 Å². The zero-order chi connectivity index (χ0) is 9.84. The SMILES string of the molecule is Cc1[c-]sc2ccc(Cl)cc12.[Zn+][Br]. The molecule has 2 rings (SSSR count). The first-order valence-electron chi connectivity index (χ1n) is 3.60. The van der Waals surface area contributed by atoms with Gasteiger partial charge in [-0.2, -0.15) is 10.9 Å². The molecule has 0 atom stereocenters. The summed E-state index contributed by atoms with van der Waals surface area (Å²) >= 11 is 11.7. The van der Waals surface area contributed by atoms with Gasteiger partial charge in [0, 0.05) is 5.02 Å². The van der Waals surface area contributed by atoms with Crippen LogP contribution in [0.3, 0.4) is 0 Å². The van der Waals surface area contributed by atoms with E-state index in [2.05, 4.69) is 25.9 Å². The molecule has 0 saturated heterocycles. The molecule has 0 saturated carbocycles. The molecular formula is C9H6BrClSZn. The fourth-order valence-corrected chi connectivity index (χ4v) is 2.07. The molecule has 0 unspecified atom stereocenters. The van der Waals surface area contributed by atoms with Crippen LogP contribution in [-0.4, -0.2) is 0 Å². The Morgan fingerprint density at radius 1 is 1.46 bits per heavy atom. The maximum atomic E-state index is 5.84. The van der Waals surface area contributed by atoms with Crippen molar-refractivity contribution in [2.24, 2.45) is 0 Å². The molecule has 0 fully saturated rings. The van der Waals surface area contributed by atoms with Crippen LogP contribution in [0.5, 0.6) is 0 Å². The van der Waals surface area contributed by atoms with Crippen LogP contribution in [0.1, 0.15) is 5.56 Å². The van der Waals surface area contributed by atoms with E-state index in [4.69, 9.17) is 11.6 Å². The predicted octanol–water partition coefficient (Wildman–Crippen LogP) is 4.51. The number of fused-ring (bicyclic) bond motifs is 1. The Labute approximate surface area is 103 Å². The first-order chi connectivity index (χ1) is 6.27. The van der Waals surface area contributed by atoms with Gasteiger partial charge in [0.2, 0.25) is 0 Å². The number of hydrogen-bond donors (Lipinski definition) is 0. The summed E-state index contributed by atoms with van der Waals surface area (Å²) in [6.07, 6.45) is 0. The van der Waals surface area contributed by atoms with E-state index in [9.17, 15) is 0 Å². The summed E-state index contributed by atoms with van der Waals surface area (Å²) in [6.45, 7) is 2.05. The third kappa shape index (κ3) is 2.76. The van der Waals surface area contributed by atoms with Crippen molar-refractivity contribution in [2.75, 3.05) is 0 Å². The van der Waals surface area contributed by atoms with Crippen molar-refractivity contribution >= 4 is 46.6 Å². The Kier molecular flexibility index (Phi) is 4.89. The van der Waals surface area contributed by atoms with E-state index in [0.29, 0.717) is 0 Å². The van der Waals surface area contributed by atoms with Crippen LogP contribution in [-0.2, 0) is 16.3 Å². The number of halogens is 2. The van der Waals surface area contributed by atoms with Crippen LogP contribution < -0.4 is 0 Å². The average molecular weight is 327 g/mol. The van der Waals surface area contributed by atoms with Gasteiger partial charge in [0.25, 0.3) is 0 Å². The molecule has 4 heteroatoms. The zero-order valence-corrected chi connectivity index (χ0v) is 13.2. The molecule has 0 bridgehead atoms. The number of thiophene rings is 1. The van der Waals surface area contributed by atoms with E-state index < -0.39 is 0 Å². The third-order valence-corrected chi connectivity index (χ3v) is 2.88. The van der Waals surface area contributed by atoms with Crippen molar-refractivity contribution in [3.63, 3.8) is 0 Å². The summed E-state index contributed by atoms with van der Waals surface area (Å²) < 4.78 is 1.26. The van der Waals surface area contributed by atoms with E-state index in [0.717, 1.165) is 5.02 Å². The van der Waals surface area contributed by atoms with Gasteiger partial charge >= 0.3 is 30.0 Å². The number of rotatable bonds is 0. The van der Waals surface area contributed by atoms with Crippen LogP contribution >= 0.6 is 36.6 Å². The summed E-state index contributed by atoms with van der Waals surface area (Å²) in [5.74, 6) is 0. The summed E-state index contributed by atoms with van der Waals surface area (Å²) in [5.41, 5.74) is 1.19. The van der Waals surface area contributed by atoms with Gasteiger partial charge < -0.3 is 0 Å². The molecule has 1 aromatic carbocycles. The number of benzene rings is 1. The summed E-state index contributed by atoms with van der Waals surface area (Å²) in [7, 11) is 0. The molecule has 1 aromatic heterocycles. The van der Waals surface area contributed by atoms with E-state index in [1.165, 1.54) is 32.0 Å². The molecule has 64 valence electrons. The van der Waals surface area contributed by atoms with Gasteiger partial charge in [-0.05, 0) is 0 Å². The normalized spacial score (nSPS) is 9.62. The van der Waals surface area contributed by atoms with Crippen molar-refractivity contribution in [3.8, 4) is 0 Å². The van der Waals surface area contributed by atoms with Crippen molar-refractivity contribution < 1.29 is 16.3 Å². The van der Waals surface area contributed by atoms with Gasteiger partial charge in [0.1, 0.15) is 0 Å². The molecule has 0 N–H and O–H groups in total. The Morgan fingerprint density at radius 2 is 2.15 bits per heavy atom. The van der Waals surface area contributed by atoms with Crippen LogP contribution in [0.4, 0.5) is 0 Å². The Morgan fingerprint density at radius 3 is 2.85 bits per heavy atom. The number of aryl methyl sites for hydroxylation is 1. The summed E-state index contributed by atoms with van der Waals surface area (Å²) in [5, 5.41) is 5.21. The van der Waals surface area contributed by atoms with Crippen LogP contribution in [0.15, 0.2) is 18.2 Å². The first kappa shape index (κ1) is 11.6. The van der Waals surface area contributed by atoms with Gasteiger partial charge in [0.15, 0.2) is 0 Å². The fraction of sp³-hybridized carbons (Fsp3) is 0.111. The Bertz CT molecular complexity index is 399. The van der Waals surface area contributed by atoms with Crippen LogP contribution in [0.2, 0.25) is 5.02 Å². The zero-order valence-electron chi connectivity index (χ0n) is 7.10. The Hall–Kier alpha value is 0.573. The second-order valence-electron chi connectivity index (χ2n) is 2.47. The van der Waals surface area contributed by atoms with E-state index in [1.54, 1.807) is 11.3 Å². The summed E-state index contributed by atoms with van der Waals surface area (Å²) in [4.78, 5) is 0. The van der Waals surface area contributed by atoms with Gasteiger partial charge in [-0.15, -0.1) is 22.2 Å². The van der Waals surface area contributed by atoms with Crippen LogP contribution in [0, 0.1) is 12.3 Å². The second kappa shape index (κ2) is 5.45.